The van der Waals surface area contributed by atoms with E-state index in [1.807, 2.05) is 97.1 Å². The summed E-state index contributed by atoms with van der Waals surface area (Å²) in [5.41, 5.74) is 7.09. The van der Waals surface area contributed by atoms with E-state index in [1.165, 1.54) is 11.3 Å². The fourth-order valence-electron chi connectivity index (χ4n) is 5.00. The van der Waals surface area contributed by atoms with Crippen LogP contribution in [0, 0.1) is 11.3 Å². The third kappa shape index (κ3) is 5.28. The van der Waals surface area contributed by atoms with Crippen molar-refractivity contribution < 1.29 is 4.42 Å². The van der Waals surface area contributed by atoms with Gasteiger partial charge in [-0.3, -0.25) is 0 Å². The first-order chi connectivity index (χ1) is 20.1. The fourth-order valence-corrected chi connectivity index (χ4v) is 5.93. The number of allylic oxidation sites excluding steroid dienone is 1. The molecule has 0 aliphatic carbocycles. The Morgan fingerprint density at radius 1 is 0.902 bits per heavy atom. The topological polar surface area (TPSA) is 70.1 Å². The van der Waals surface area contributed by atoms with E-state index < -0.39 is 0 Å². The maximum absolute atomic E-state index is 12.9. The van der Waals surface area contributed by atoms with Crippen LogP contribution in [0.25, 0.3) is 55.1 Å². The molecule has 0 aliphatic rings. The molecule has 0 amide bonds. The van der Waals surface area contributed by atoms with Crippen molar-refractivity contribution >= 4 is 49.9 Å². The van der Waals surface area contributed by atoms with Crippen LogP contribution in [0.2, 0.25) is 0 Å². The minimum Gasteiger partial charge on any atom is -0.422 e. The molecular weight excluding hydrogens is 526 g/mol. The van der Waals surface area contributed by atoms with Crippen LogP contribution in [-0.2, 0) is 0 Å². The summed E-state index contributed by atoms with van der Waals surface area (Å²) in [7, 11) is 0. The number of nitrogens with zero attached hydrogens (tertiary/aromatic N) is 3. The van der Waals surface area contributed by atoms with E-state index in [9.17, 15) is 10.1 Å². The molecule has 41 heavy (non-hydrogen) atoms. The van der Waals surface area contributed by atoms with Gasteiger partial charge in [0.25, 0.3) is 0 Å². The van der Waals surface area contributed by atoms with Crippen molar-refractivity contribution in [2.24, 2.45) is 0 Å². The normalized spacial score (nSPS) is 11.6. The first-order valence-electron chi connectivity index (χ1n) is 13.6. The number of fused-ring (bicyclic) bond motifs is 2. The largest absolute Gasteiger partial charge is 0.422 e. The monoisotopic (exact) mass is 553 g/mol. The minimum atomic E-state index is -0.348. The number of hydrogen-bond acceptors (Lipinski definition) is 6. The Morgan fingerprint density at radius 3 is 2.27 bits per heavy atom. The molecule has 0 radical (unpaired) electrons. The molecule has 6 rings (SSSR count). The molecule has 4 aromatic carbocycles. The SMILES string of the molecule is CCN(CC)c1ccc2cc(-c3ccc(-c4ccc(/C=C(\C#N)c5nc6ccccc6s5)cc4)cc3)c(=O)oc2c1. The highest BCUT2D eigenvalue weighted by Crippen LogP contribution is 2.30. The van der Waals surface area contributed by atoms with Gasteiger partial charge in [0, 0.05) is 30.2 Å². The van der Waals surface area contributed by atoms with Gasteiger partial charge in [-0.1, -0.05) is 60.7 Å². The first-order valence-corrected chi connectivity index (χ1v) is 14.4. The number of hydrogen-bond donors (Lipinski definition) is 0. The van der Waals surface area contributed by atoms with Crippen LogP contribution in [0.5, 0.6) is 0 Å². The predicted octanol–water partition coefficient (Wildman–Crippen LogP) is 8.65. The highest BCUT2D eigenvalue weighted by molar-refractivity contribution is 7.19. The number of anilines is 1. The number of para-hydroxylation sites is 1. The highest BCUT2D eigenvalue weighted by Gasteiger charge is 2.12. The molecule has 5 nitrogen and oxygen atoms in total. The molecule has 2 aromatic heterocycles. The average molecular weight is 554 g/mol. The van der Waals surface area contributed by atoms with E-state index in [0.717, 1.165) is 61.6 Å². The maximum atomic E-state index is 12.9. The molecule has 0 N–H and O–H groups in total. The lowest BCUT2D eigenvalue weighted by molar-refractivity contribution is 0.563. The van der Waals surface area contributed by atoms with Gasteiger partial charge in [0.05, 0.1) is 21.4 Å². The van der Waals surface area contributed by atoms with Gasteiger partial charge in [0.1, 0.15) is 16.7 Å². The quantitative estimate of drug-likeness (QED) is 0.146. The Bertz CT molecular complexity index is 1960. The number of benzene rings is 4. The summed E-state index contributed by atoms with van der Waals surface area (Å²) in [6.45, 7) is 6.00. The van der Waals surface area contributed by atoms with Crippen molar-refractivity contribution in [3.05, 3.63) is 118 Å². The fraction of sp³-hybridized carbons (Fsp3) is 0.114. The number of nitriles is 1. The van der Waals surface area contributed by atoms with Gasteiger partial charge in [-0.05, 0) is 72.5 Å². The number of thiazole rings is 1. The molecule has 0 fully saturated rings. The van der Waals surface area contributed by atoms with Gasteiger partial charge < -0.3 is 9.32 Å². The third-order valence-corrected chi connectivity index (χ3v) is 8.31. The van der Waals surface area contributed by atoms with Gasteiger partial charge in [0.15, 0.2) is 0 Å². The molecule has 0 atom stereocenters. The van der Waals surface area contributed by atoms with E-state index in [2.05, 4.69) is 35.9 Å². The summed E-state index contributed by atoms with van der Waals surface area (Å²) in [6.07, 6.45) is 1.87. The van der Waals surface area contributed by atoms with Gasteiger partial charge in [-0.25, -0.2) is 9.78 Å². The van der Waals surface area contributed by atoms with Gasteiger partial charge in [0.2, 0.25) is 0 Å². The van der Waals surface area contributed by atoms with E-state index in [4.69, 9.17) is 4.42 Å². The van der Waals surface area contributed by atoms with Crippen LogP contribution in [0.3, 0.4) is 0 Å². The Kier molecular flexibility index (Phi) is 7.20. The van der Waals surface area contributed by atoms with Crippen molar-refractivity contribution in [3.63, 3.8) is 0 Å². The molecule has 0 spiro atoms. The van der Waals surface area contributed by atoms with Crippen molar-refractivity contribution in [1.82, 2.24) is 4.98 Å². The Balaban J connectivity index is 1.23. The molecule has 6 aromatic rings. The zero-order valence-electron chi connectivity index (χ0n) is 22.8. The van der Waals surface area contributed by atoms with Crippen molar-refractivity contribution in [2.45, 2.75) is 13.8 Å². The maximum Gasteiger partial charge on any atom is 0.344 e. The van der Waals surface area contributed by atoms with Crippen molar-refractivity contribution in [1.29, 1.82) is 5.26 Å². The molecular formula is C35H27N3O2S. The van der Waals surface area contributed by atoms with Crippen LogP contribution in [0.1, 0.15) is 24.4 Å². The van der Waals surface area contributed by atoms with Gasteiger partial charge >= 0.3 is 5.63 Å². The van der Waals surface area contributed by atoms with Crippen molar-refractivity contribution in [2.75, 3.05) is 18.0 Å². The summed E-state index contributed by atoms with van der Waals surface area (Å²) in [6, 6.07) is 34.1. The summed E-state index contributed by atoms with van der Waals surface area (Å²) >= 11 is 1.52. The first kappa shape index (κ1) is 26.2. The van der Waals surface area contributed by atoms with Crippen LogP contribution in [0.15, 0.2) is 106 Å². The summed E-state index contributed by atoms with van der Waals surface area (Å²) in [5, 5.41) is 11.4. The average Bonchev–Trinajstić information content (AvgIpc) is 3.45. The molecule has 0 saturated heterocycles. The molecule has 0 bridgehead atoms. The second-order valence-electron chi connectivity index (χ2n) is 9.70. The van der Waals surface area contributed by atoms with Gasteiger partial charge in [-0.15, -0.1) is 11.3 Å². The van der Waals surface area contributed by atoms with E-state index in [-0.39, 0.29) is 5.63 Å². The third-order valence-electron chi connectivity index (χ3n) is 7.24. The summed E-state index contributed by atoms with van der Waals surface area (Å²) < 4.78 is 6.79. The lowest BCUT2D eigenvalue weighted by atomic mass is 9.99. The van der Waals surface area contributed by atoms with Crippen molar-refractivity contribution in [3.8, 4) is 28.3 Å². The number of rotatable bonds is 7. The second-order valence-corrected chi connectivity index (χ2v) is 10.7. The Hall–Kier alpha value is -4.99. The van der Waals surface area contributed by atoms with Crippen LogP contribution in [-0.4, -0.2) is 18.1 Å². The van der Waals surface area contributed by atoms with E-state index in [1.54, 1.807) is 0 Å². The standard InChI is InChI=1S/C35H27N3O2S/c1-3-38(4-2)29-18-17-27-20-30(35(39)40-32(27)21-29)26-15-13-25(14-16-26)24-11-9-23(10-12-24)19-28(22-36)34-37-31-7-5-6-8-33(31)41-34/h5-21H,3-4H2,1-2H3/b28-19+. The van der Waals surface area contributed by atoms with E-state index in [0.29, 0.717) is 16.7 Å². The van der Waals surface area contributed by atoms with Crippen LogP contribution in [0.4, 0.5) is 5.69 Å². The minimum absolute atomic E-state index is 0.348. The zero-order chi connectivity index (χ0) is 28.3. The summed E-state index contributed by atoms with van der Waals surface area (Å²) in [4.78, 5) is 19.7. The van der Waals surface area contributed by atoms with Crippen LogP contribution >= 0.6 is 11.3 Å². The molecule has 0 unspecified atom stereocenters. The smallest absolute Gasteiger partial charge is 0.344 e. The zero-order valence-corrected chi connectivity index (χ0v) is 23.6. The van der Waals surface area contributed by atoms with Gasteiger partial charge in [-0.2, -0.15) is 5.26 Å². The van der Waals surface area contributed by atoms with E-state index >= 15 is 0 Å². The van der Waals surface area contributed by atoms with Crippen LogP contribution < -0.4 is 10.5 Å². The number of aromatic nitrogens is 1. The molecule has 2 heterocycles. The molecule has 0 aliphatic heterocycles. The molecule has 200 valence electrons. The Morgan fingerprint density at radius 2 is 1.59 bits per heavy atom. The predicted molar refractivity (Wildman–Crippen MR) is 170 cm³/mol. The molecule has 0 saturated carbocycles. The summed E-state index contributed by atoms with van der Waals surface area (Å²) in [5.74, 6) is 0. The Labute approximate surface area is 242 Å². The molecule has 6 heteroatoms. The second kappa shape index (κ2) is 11.2. The lowest BCUT2D eigenvalue weighted by Crippen LogP contribution is -2.21. The highest BCUT2D eigenvalue weighted by atomic mass is 32.1. The lowest BCUT2D eigenvalue weighted by Gasteiger charge is -2.21.